The van der Waals surface area contributed by atoms with E-state index in [0.29, 0.717) is 0 Å². The number of H-pyrrole nitrogens is 1. The number of nitrogens with one attached hydrogen (secondary N) is 1. The fraction of sp³-hybridized carbons (Fsp3) is 0.556. The van der Waals surface area contributed by atoms with Gasteiger partial charge in [-0.15, -0.1) is 0 Å². The van der Waals surface area contributed by atoms with E-state index in [1.54, 1.807) is 6.92 Å². The average molecular weight is 261 g/mol. The van der Waals surface area contributed by atoms with Crippen LogP contribution in [0.25, 0.3) is 0 Å². The number of ether oxygens (including phenoxy) is 1. The Hall–Kier alpha value is -1.41. The Balaban J connectivity index is 2.77. The number of rotatable bonds is 5. The average Bonchev–Trinajstić information content (AvgIpc) is 2.81. The fourth-order valence-corrected chi connectivity index (χ4v) is 2.47. The summed E-state index contributed by atoms with van der Waals surface area (Å²) in [5.41, 5.74) is 0. The number of hydrogen-bond donors (Lipinski definition) is 1. The molecular weight excluding hydrogens is 246 g/mol. The third-order valence-electron chi connectivity index (χ3n) is 2.30. The van der Waals surface area contributed by atoms with Crippen molar-refractivity contribution in [2.75, 3.05) is 20.7 Å². The van der Waals surface area contributed by atoms with Gasteiger partial charge in [0.15, 0.2) is 5.03 Å². The zero-order valence-corrected chi connectivity index (χ0v) is 10.7. The van der Waals surface area contributed by atoms with Crippen molar-refractivity contribution in [3.05, 3.63) is 12.3 Å². The Kier molecular flexibility index (Phi) is 4.24. The van der Waals surface area contributed by atoms with Crippen LogP contribution in [0.3, 0.4) is 0 Å². The standard InChI is InChI=1S/C9H15N3O4S/c1-7(9(13)16-3)6-12(2)17(14,15)8-4-5-10-11-8/h4-5,7H,6H2,1-3H3,(H,10,11). The summed E-state index contributed by atoms with van der Waals surface area (Å²) >= 11 is 0. The van der Waals surface area contributed by atoms with Gasteiger partial charge in [-0.25, -0.2) is 8.42 Å². The zero-order valence-electron chi connectivity index (χ0n) is 9.87. The minimum Gasteiger partial charge on any atom is -0.469 e. The van der Waals surface area contributed by atoms with E-state index >= 15 is 0 Å². The van der Waals surface area contributed by atoms with Crippen LogP contribution in [0.15, 0.2) is 17.3 Å². The molecule has 0 fully saturated rings. The molecule has 0 aromatic carbocycles. The van der Waals surface area contributed by atoms with E-state index in [-0.39, 0.29) is 11.6 Å². The number of esters is 1. The first kappa shape index (κ1) is 13.7. The van der Waals surface area contributed by atoms with Crippen molar-refractivity contribution in [1.29, 1.82) is 0 Å². The van der Waals surface area contributed by atoms with Crippen molar-refractivity contribution in [3.8, 4) is 0 Å². The highest BCUT2D eigenvalue weighted by Gasteiger charge is 2.26. The van der Waals surface area contributed by atoms with Crippen LogP contribution in [0.4, 0.5) is 0 Å². The second-order valence-electron chi connectivity index (χ2n) is 3.63. The maximum atomic E-state index is 11.9. The third-order valence-corrected chi connectivity index (χ3v) is 4.05. The predicted octanol–water partition coefficient (Wildman–Crippen LogP) is -0.161. The summed E-state index contributed by atoms with van der Waals surface area (Å²) in [7, 11) is -0.960. The summed E-state index contributed by atoms with van der Waals surface area (Å²) in [5.74, 6) is -0.973. The van der Waals surface area contributed by atoms with E-state index in [0.717, 1.165) is 4.31 Å². The van der Waals surface area contributed by atoms with E-state index in [1.165, 1.54) is 26.4 Å². The molecule has 1 N–H and O–H groups in total. The molecule has 0 aliphatic rings. The number of sulfonamides is 1. The number of carbonyl (C=O) groups excluding carboxylic acids is 1. The number of carbonyl (C=O) groups is 1. The SMILES string of the molecule is COC(=O)C(C)CN(C)S(=O)(=O)c1ccn[nH]1. The fourth-order valence-electron chi connectivity index (χ4n) is 1.31. The van der Waals surface area contributed by atoms with Crippen molar-refractivity contribution in [2.24, 2.45) is 5.92 Å². The van der Waals surface area contributed by atoms with Crippen molar-refractivity contribution < 1.29 is 17.9 Å². The molecule has 0 saturated heterocycles. The topological polar surface area (TPSA) is 92.4 Å². The lowest BCUT2D eigenvalue weighted by Gasteiger charge is -2.18. The van der Waals surface area contributed by atoms with Crippen LogP contribution in [-0.2, 0) is 19.6 Å². The summed E-state index contributed by atoms with van der Waals surface area (Å²) in [6.45, 7) is 1.65. The molecule has 7 nitrogen and oxygen atoms in total. The minimum atomic E-state index is -3.62. The number of hydrogen-bond acceptors (Lipinski definition) is 5. The third kappa shape index (κ3) is 3.04. The number of aromatic nitrogens is 2. The molecule has 17 heavy (non-hydrogen) atoms. The second-order valence-corrected chi connectivity index (χ2v) is 5.64. The summed E-state index contributed by atoms with van der Waals surface area (Å²) < 4.78 is 29.5. The van der Waals surface area contributed by atoms with Gasteiger partial charge in [-0.1, -0.05) is 6.92 Å². The van der Waals surface area contributed by atoms with Gasteiger partial charge in [0, 0.05) is 13.6 Å². The van der Waals surface area contributed by atoms with Crippen molar-refractivity contribution in [1.82, 2.24) is 14.5 Å². The first-order valence-electron chi connectivity index (χ1n) is 4.93. The summed E-state index contributed by atoms with van der Waals surface area (Å²) in [6, 6.07) is 1.36. The molecule has 1 heterocycles. The van der Waals surface area contributed by atoms with Crippen molar-refractivity contribution >= 4 is 16.0 Å². The van der Waals surface area contributed by atoms with Gasteiger partial charge in [-0.3, -0.25) is 9.89 Å². The van der Waals surface area contributed by atoms with Crippen LogP contribution in [0.2, 0.25) is 0 Å². The lowest BCUT2D eigenvalue weighted by Crippen LogP contribution is -2.34. The Labute approximate surface area is 99.8 Å². The molecule has 0 aliphatic heterocycles. The van der Waals surface area contributed by atoms with E-state index in [4.69, 9.17) is 0 Å². The Bertz CT molecular complexity index is 468. The molecule has 8 heteroatoms. The van der Waals surface area contributed by atoms with E-state index in [9.17, 15) is 13.2 Å². The van der Waals surface area contributed by atoms with Gasteiger partial charge in [0.1, 0.15) is 0 Å². The highest BCUT2D eigenvalue weighted by molar-refractivity contribution is 7.89. The Morgan fingerprint density at radius 2 is 2.29 bits per heavy atom. The van der Waals surface area contributed by atoms with Crippen LogP contribution in [0.5, 0.6) is 0 Å². The number of aromatic amines is 1. The van der Waals surface area contributed by atoms with Gasteiger partial charge in [0.2, 0.25) is 0 Å². The van der Waals surface area contributed by atoms with Gasteiger partial charge in [0.05, 0.1) is 19.2 Å². The molecule has 1 atom stereocenters. The molecule has 0 aliphatic carbocycles. The number of methoxy groups -OCH3 is 1. The van der Waals surface area contributed by atoms with E-state index in [1.807, 2.05) is 0 Å². The quantitative estimate of drug-likeness (QED) is 0.743. The molecule has 0 spiro atoms. The van der Waals surface area contributed by atoms with E-state index in [2.05, 4.69) is 14.9 Å². The van der Waals surface area contributed by atoms with Crippen LogP contribution >= 0.6 is 0 Å². The van der Waals surface area contributed by atoms with Gasteiger partial charge >= 0.3 is 5.97 Å². The highest BCUT2D eigenvalue weighted by Crippen LogP contribution is 2.12. The summed E-state index contributed by atoms with van der Waals surface area (Å²) in [6.07, 6.45) is 1.35. The monoisotopic (exact) mass is 261 g/mol. The molecule has 0 saturated carbocycles. The molecule has 1 unspecified atom stereocenters. The van der Waals surface area contributed by atoms with Crippen LogP contribution in [0.1, 0.15) is 6.92 Å². The summed E-state index contributed by atoms with van der Waals surface area (Å²) in [5, 5.41) is 5.96. The van der Waals surface area contributed by atoms with Crippen LogP contribution in [-0.4, -0.2) is 49.6 Å². The lowest BCUT2D eigenvalue weighted by molar-refractivity contribution is -0.144. The zero-order chi connectivity index (χ0) is 13.1. The van der Waals surface area contributed by atoms with Gasteiger partial charge in [-0.2, -0.15) is 9.40 Å². The minimum absolute atomic E-state index is 0.00272. The maximum absolute atomic E-state index is 11.9. The Morgan fingerprint density at radius 3 is 2.76 bits per heavy atom. The molecule has 1 rings (SSSR count). The molecule has 0 radical (unpaired) electrons. The maximum Gasteiger partial charge on any atom is 0.309 e. The van der Waals surface area contributed by atoms with E-state index < -0.39 is 21.9 Å². The normalized spacial score (nSPS) is 13.6. The smallest absolute Gasteiger partial charge is 0.309 e. The van der Waals surface area contributed by atoms with Gasteiger partial charge < -0.3 is 4.74 Å². The predicted molar refractivity (Wildman–Crippen MR) is 59.6 cm³/mol. The largest absolute Gasteiger partial charge is 0.469 e. The van der Waals surface area contributed by atoms with Crippen molar-refractivity contribution in [2.45, 2.75) is 11.9 Å². The first-order valence-corrected chi connectivity index (χ1v) is 6.37. The van der Waals surface area contributed by atoms with Crippen molar-refractivity contribution in [3.63, 3.8) is 0 Å². The molecule has 0 bridgehead atoms. The first-order chi connectivity index (χ1) is 7.89. The van der Waals surface area contributed by atoms with Gasteiger partial charge in [-0.05, 0) is 6.07 Å². The molecule has 96 valence electrons. The molecule has 1 aromatic rings. The highest BCUT2D eigenvalue weighted by atomic mass is 32.2. The van der Waals surface area contributed by atoms with Gasteiger partial charge in [0.25, 0.3) is 10.0 Å². The summed E-state index contributed by atoms with van der Waals surface area (Å²) in [4.78, 5) is 11.2. The number of nitrogens with zero attached hydrogens (tertiary/aromatic N) is 2. The van der Waals surface area contributed by atoms with Crippen LogP contribution < -0.4 is 0 Å². The lowest BCUT2D eigenvalue weighted by atomic mass is 10.2. The second kappa shape index (κ2) is 5.28. The molecule has 0 amide bonds. The molecule has 1 aromatic heterocycles. The Morgan fingerprint density at radius 1 is 1.65 bits per heavy atom. The van der Waals surface area contributed by atoms with Crippen LogP contribution in [0, 0.1) is 5.92 Å². The molecular formula is C9H15N3O4S.